The fourth-order valence-electron chi connectivity index (χ4n) is 1.38. The van der Waals surface area contributed by atoms with Gasteiger partial charge in [0, 0.05) is 13.0 Å². The van der Waals surface area contributed by atoms with Gasteiger partial charge in [0.05, 0.1) is 6.54 Å². The Kier molecular flexibility index (Phi) is 7.90. The van der Waals surface area contributed by atoms with Gasteiger partial charge in [-0.25, -0.2) is 4.79 Å². The van der Waals surface area contributed by atoms with Gasteiger partial charge in [-0.1, -0.05) is 0 Å². The normalized spacial score (nSPS) is 11.5. The largest absolute Gasteiger partial charge is 0.460 e. The molecule has 0 atom stereocenters. The van der Waals surface area contributed by atoms with Crippen LogP contribution in [-0.4, -0.2) is 42.3 Å². The van der Waals surface area contributed by atoms with E-state index >= 15 is 0 Å². The number of hydrogen-bond acceptors (Lipinski definition) is 5. The minimum absolute atomic E-state index is 0.165. The van der Waals surface area contributed by atoms with Crippen molar-refractivity contribution < 1.29 is 23.9 Å². The number of carbonyl (C=O) groups is 3. The highest BCUT2D eigenvalue weighted by atomic mass is 16.6. The molecule has 0 aliphatic heterocycles. The topological polar surface area (TPSA) is 93.7 Å². The van der Waals surface area contributed by atoms with E-state index < -0.39 is 17.3 Å². The number of esters is 1. The maximum absolute atomic E-state index is 11.5. The molecule has 0 aliphatic carbocycles. The third-order valence-corrected chi connectivity index (χ3v) is 2.09. The molecule has 2 N–H and O–H groups in total. The van der Waals surface area contributed by atoms with Gasteiger partial charge < -0.3 is 20.1 Å². The van der Waals surface area contributed by atoms with Crippen molar-refractivity contribution in [3.63, 3.8) is 0 Å². The number of carbonyl (C=O) groups excluding carboxylic acids is 3. The maximum Gasteiger partial charge on any atom is 0.408 e. The molecule has 0 aromatic heterocycles. The van der Waals surface area contributed by atoms with Crippen LogP contribution in [-0.2, 0) is 19.1 Å². The highest BCUT2D eigenvalue weighted by molar-refractivity contribution is 5.82. The molecule has 7 nitrogen and oxygen atoms in total. The number of amides is 2. The van der Waals surface area contributed by atoms with E-state index in [4.69, 9.17) is 9.47 Å². The summed E-state index contributed by atoms with van der Waals surface area (Å²) in [7, 11) is 0. The Morgan fingerprint density at radius 3 is 1.91 bits per heavy atom. The molecule has 0 aliphatic rings. The lowest BCUT2D eigenvalue weighted by molar-refractivity contribution is -0.155. The molecule has 7 heteroatoms. The molecule has 0 fully saturated rings. The van der Waals surface area contributed by atoms with Crippen molar-refractivity contribution in [2.75, 3.05) is 13.1 Å². The van der Waals surface area contributed by atoms with E-state index in [2.05, 4.69) is 10.6 Å². The Labute approximate surface area is 132 Å². The van der Waals surface area contributed by atoms with Crippen LogP contribution in [0.2, 0.25) is 0 Å². The predicted octanol–water partition coefficient (Wildman–Crippen LogP) is 1.75. The molecular weight excluding hydrogens is 288 g/mol. The molecule has 0 saturated carbocycles. The summed E-state index contributed by atoms with van der Waals surface area (Å²) >= 11 is 0. The molecule has 0 radical (unpaired) electrons. The van der Waals surface area contributed by atoms with E-state index in [0.717, 1.165) is 0 Å². The van der Waals surface area contributed by atoms with Crippen LogP contribution in [0.5, 0.6) is 0 Å². The van der Waals surface area contributed by atoms with Gasteiger partial charge in [0.2, 0.25) is 5.91 Å². The smallest absolute Gasteiger partial charge is 0.408 e. The fourth-order valence-corrected chi connectivity index (χ4v) is 1.38. The molecule has 0 aromatic carbocycles. The fraction of sp³-hybridized carbons (Fsp3) is 0.800. The first-order chi connectivity index (χ1) is 9.89. The first-order valence-electron chi connectivity index (χ1n) is 7.34. The second-order valence-electron chi connectivity index (χ2n) is 6.90. The van der Waals surface area contributed by atoms with Crippen LogP contribution < -0.4 is 10.6 Å². The van der Waals surface area contributed by atoms with Gasteiger partial charge in [0.25, 0.3) is 0 Å². The summed E-state index contributed by atoms with van der Waals surface area (Å²) < 4.78 is 10.1. The van der Waals surface area contributed by atoms with Crippen LogP contribution in [0, 0.1) is 0 Å². The first-order valence-corrected chi connectivity index (χ1v) is 7.34. The van der Waals surface area contributed by atoms with Crippen molar-refractivity contribution >= 4 is 18.0 Å². The van der Waals surface area contributed by atoms with Crippen LogP contribution in [0.15, 0.2) is 0 Å². The van der Waals surface area contributed by atoms with Gasteiger partial charge in [-0.3, -0.25) is 9.59 Å². The quantitative estimate of drug-likeness (QED) is 0.575. The summed E-state index contributed by atoms with van der Waals surface area (Å²) in [6, 6.07) is 0. The Morgan fingerprint density at radius 1 is 0.864 bits per heavy atom. The second kappa shape index (κ2) is 8.60. The van der Waals surface area contributed by atoms with E-state index in [1.807, 2.05) is 0 Å². The van der Waals surface area contributed by atoms with Gasteiger partial charge >= 0.3 is 12.1 Å². The van der Waals surface area contributed by atoms with E-state index in [1.54, 1.807) is 41.5 Å². The van der Waals surface area contributed by atoms with E-state index in [9.17, 15) is 14.4 Å². The third-order valence-electron chi connectivity index (χ3n) is 2.09. The molecule has 0 rings (SSSR count). The average Bonchev–Trinajstić information content (AvgIpc) is 2.27. The molecule has 0 spiro atoms. The number of ether oxygens (including phenoxy) is 2. The molecule has 0 bridgehead atoms. The summed E-state index contributed by atoms with van der Waals surface area (Å²) in [6.45, 7) is 10.8. The Hall–Kier alpha value is -1.79. The molecule has 128 valence electrons. The van der Waals surface area contributed by atoms with Crippen molar-refractivity contribution in [3.05, 3.63) is 0 Å². The highest BCUT2D eigenvalue weighted by Gasteiger charge is 2.17. The van der Waals surface area contributed by atoms with Gasteiger partial charge in [0.15, 0.2) is 0 Å². The zero-order valence-electron chi connectivity index (χ0n) is 14.4. The molecule has 0 unspecified atom stereocenters. The molecule has 22 heavy (non-hydrogen) atoms. The Morgan fingerprint density at radius 2 is 1.41 bits per heavy atom. The lowest BCUT2D eigenvalue weighted by Gasteiger charge is -2.19. The van der Waals surface area contributed by atoms with Crippen molar-refractivity contribution in [2.24, 2.45) is 0 Å². The van der Waals surface area contributed by atoms with Crippen molar-refractivity contribution in [1.29, 1.82) is 0 Å². The van der Waals surface area contributed by atoms with Crippen LogP contribution >= 0.6 is 0 Å². The molecule has 0 saturated heterocycles. The predicted molar refractivity (Wildman–Crippen MR) is 82.3 cm³/mol. The monoisotopic (exact) mass is 316 g/mol. The zero-order chi connectivity index (χ0) is 17.4. The molecular formula is C15H28N2O5. The van der Waals surface area contributed by atoms with E-state index in [-0.39, 0.29) is 24.8 Å². The summed E-state index contributed by atoms with van der Waals surface area (Å²) in [4.78, 5) is 34.3. The van der Waals surface area contributed by atoms with Gasteiger partial charge in [-0.2, -0.15) is 0 Å². The summed E-state index contributed by atoms with van der Waals surface area (Å²) in [5.74, 6) is -0.635. The minimum Gasteiger partial charge on any atom is -0.460 e. The van der Waals surface area contributed by atoms with Crippen molar-refractivity contribution in [1.82, 2.24) is 10.6 Å². The first kappa shape index (κ1) is 20.2. The standard InChI is InChI=1S/C15H28N2O5/c1-14(2,3)21-12(19)8-7-9-16-11(18)10-17-13(20)22-15(4,5)6/h7-10H2,1-6H3,(H,16,18)(H,17,20). The maximum atomic E-state index is 11.5. The summed E-state index contributed by atoms with van der Waals surface area (Å²) in [5, 5.41) is 4.96. The van der Waals surface area contributed by atoms with Crippen molar-refractivity contribution in [3.8, 4) is 0 Å². The lowest BCUT2D eigenvalue weighted by Crippen LogP contribution is -2.40. The van der Waals surface area contributed by atoms with Crippen LogP contribution in [0.3, 0.4) is 0 Å². The number of alkyl carbamates (subject to hydrolysis) is 1. The molecule has 0 aromatic rings. The average molecular weight is 316 g/mol. The summed E-state index contributed by atoms with van der Waals surface area (Å²) in [5.41, 5.74) is -1.11. The van der Waals surface area contributed by atoms with Crippen LogP contribution in [0.1, 0.15) is 54.4 Å². The zero-order valence-corrected chi connectivity index (χ0v) is 14.4. The van der Waals surface area contributed by atoms with Crippen LogP contribution in [0.25, 0.3) is 0 Å². The molecule has 0 heterocycles. The van der Waals surface area contributed by atoms with E-state index in [0.29, 0.717) is 13.0 Å². The minimum atomic E-state index is -0.642. The lowest BCUT2D eigenvalue weighted by atomic mass is 10.2. The van der Waals surface area contributed by atoms with E-state index in [1.165, 1.54) is 0 Å². The van der Waals surface area contributed by atoms with Gasteiger partial charge in [0.1, 0.15) is 11.2 Å². The Bertz CT molecular complexity index is 394. The SMILES string of the molecule is CC(C)(C)OC(=O)CCCNC(=O)CNC(=O)OC(C)(C)C. The second-order valence-corrected chi connectivity index (χ2v) is 6.90. The summed E-state index contributed by atoms with van der Waals surface area (Å²) in [6.07, 6.45) is 0.0702. The highest BCUT2D eigenvalue weighted by Crippen LogP contribution is 2.08. The third kappa shape index (κ3) is 13.2. The number of nitrogens with one attached hydrogen (secondary N) is 2. The van der Waals surface area contributed by atoms with Crippen molar-refractivity contribution in [2.45, 2.75) is 65.6 Å². The van der Waals surface area contributed by atoms with Crippen LogP contribution in [0.4, 0.5) is 4.79 Å². The van der Waals surface area contributed by atoms with Gasteiger partial charge in [-0.15, -0.1) is 0 Å². The Balaban J connectivity index is 3.75. The number of rotatable bonds is 6. The molecule has 2 amide bonds. The number of hydrogen-bond donors (Lipinski definition) is 2. The van der Waals surface area contributed by atoms with Gasteiger partial charge in [-0.05, 0) is 48.0 Å².